The number of aliphatic hydroxyl groups excluding tert-OH is 1. The summed E-state index contributed by atoms with van der Waals surface area (Å²) >= 11 is 0. The van der Waals surface area contributed by atoms with E-state index in [0.29, 0.717) is 24.3 Å². The molecule has 0 bridgehead atoms. The molecule has 2 saturated heterocycles. The van der Waals surface area contributed by atoms with Crippen molar-refractivity contribution in [3.05, 3.63) is 29.8 Å². The number of nitrogens with zero attached hydrogens (tertiary/aromatic N) is 1. The summed E-state index contributed by atoms with van der Waals surface area (Å²) in [6, 6.07) is -7.69. The Morgan fingerprint density at radius 3 is 1.65 bits per heavy atom. The van der Waals surface area contributed by atoms with Gasteiger partial charge in [0.25, 0.3) is 0 Å². The SMILES string of the molecule is CCC(C)CCCCCCCCCCC1CC(=O)N[C@@H](CC(=O)O)C(=O)N[C@@H](Cc2ccc(O)cc2)C(=O)N[C@@H](CC(N)=O)C(=O)N[C@@H](CCC(N)=O)C(=O)N2CCC[C@H]2C(=O)N[C@@H](CC(N)=O)C(=O)N[C@@H](CO)C(=O)N1. The van der Waals surface area contributed by atoms with Crippen molar-refractivity contribution in [3.8, 4) is 5.75 Å². The van der Waals surface area contributed by atoms with E-state index in [4.69, 9.17) is 17.2 Å². The van der Waals surface area contributed by atoms with E-state index in [1.54, 1.807) is 0 Å². The molecule has 0 spiro atoms. The Labute approximate surface area is 447 Å². The minimum atomic E-state index is -1.88. The fourth-order valence-electron chi connectivity index (χ4n) is 9.03. The van der Waals surface area contributed by atoms with Gasteiger partial charge in [-0.2, -0.15) is 0 Å². The summed E-state index contributed by atoms with van der Waals surface area (Å²) in [6.07, 6.45) is 5.34. The lowest BCUT2D eigenvalue weighted by atomic mass is 9.99. The van der Waals surface area contributed by atoms with Gasteiger partial charge in [0, 0.05) is 31.8 Å². The molecule has 1 aromatic rings. The smallest absolute Gasteiger partial charge is 0.305 e. The summed E-state index contributed by atoms with van der Waals surface area (Å²) in [7, 11) is 0. The number of carbonyl (C=O) groups is 12. The van der Waals surface area contributed by atoms with Crippen molar-refractivity contribution in [1.29, 1.82) is 0 Å². The number of benzene rings is 1. The first-order valence-corrected chi connectivity index (χ1v) is 26.4. The van der Waals surface area contributed by atoms with Gasteiger partial charge >= 0.3 is 5.97 Å². The van der Waals surface area contributed by atoms with Gasteiger partial charge in [0.05, 0.1) is 25.9 Å². The fraction of sp³-hybridized carbons (Fsp3) is 0.647. The number of nitrogens with two attached hydrogens (primary N) is 3. The van der Waals surface area contributed by atoms with Crippen LogP contribution in [0.2, 0.25) is 0 Å². The molecule has 0 aliphatic carbocycles. The van der Waals surface area contributed by atoms with Crippen molar-refractivity contribution in [2.75, 3.05) is 13.2 Å². The van der Waals surface area contributed by atoms with Crippen LogP contribution in [0.4, 0.5) is 0 Å². The molecule has 11 amide bonds. The number of aromatic hydroxyl groups is 1. The molecule has 2 aliphatic rings. The van der Waals surface area contributed by atoms with Gasteiger partial charge in [0.2, 0.25) is 65.0 Å². The van der Waals surface area contributed by atoms with Crippen LogP contribution in [0, 0.1) is 5.92 Å². The van der Waals surface area contributed by atoms with Crippen LogP contribution in [-0.4, -0.2) is 153 Å². The number of aliphatic hydroxyl groups is 1. The quantitative estimate of drug-likeness (QED) is 0.0506. The Hall–Kier alpha value is -7.38. The van der Waals surface area contributed by atoms with E-state index in [0.717, 1.165) is 49.8 Å². The zero-order valence-electron chi connectivity index (χ0n) is 44.0. The first-order chi connectivity index (χ1) is 36.5. The Bertz CT molecular complexity index is 2230. The molecule has 428 valence electrons. The van der Waals surface area contributed by atoms with Gasteiger partial charge in [0.1, 0.15) is 48.0 Å². The maximum atomic E-state index is 14.3. The lowest BCUT2D eigenvalue weighted by Gasteiger charge is -2.31. The third-order valence-corrected chi connectivity index (χ3v) is 13.5. The van der Waals surface area contributed by atoms with Gasteiger partial charge in [-0.1, -0.05) is 90.2 Å². The molecule has 0 aromatic heterocycles. The molecule has 26 nitrogen and oxygen atoms in total. The lowest BCUT2D eigenvalue weighted by Crippen LogP contribution is -2.60. The Balaban J connectivity index is 2.09. The number of hydrogen-bond acceptors (Lipinski definition) is 14. The molecule has 2 fully saturated rings. The van der Waals surface area contributed by atoms with E-state index in [1.165, 1.54) is 30.7 Å². The van der Waals surface area contributed by atoms with Gasteiger partial charge in [-0.15, -0.1) is 0 Å². The molecule has 2 unspecified atom stereocenters. The first kappa shape index (κ1) is 63.9. The van der Waals surface area contributed by atoms with Crippen LogP contribution in [0.25, 0.3) is 0 Å². The van der Waals surface area contributed by atoms with E-state index in [2.05, 4.69) is 51.1 Å². The Morgan fingerprint density at radius 2 is 1.10 bits per heavy atom. The predicted octanol–water partition coefficient (Wildman–Crippen LogP) is -1.85. The van der Waals surface area contributed by atoms with Gasteiger partial charge in [0.15, 0.2) is 0 Å². The molecule has 16 N–H and O–H groups in total. The number of unbranched alkanes of at least 4 members (excludes halogenated alkanes) is 7. The summed E-state index contributed by atoms with van der Waals surface area (Å²) in [5, 5.41) is 47.0. The van der Waals surface area contributed by atoms with Crippen molar-refractivity contribution in [2.24, 2.45) is 23.1 Å². The molecule has 77 heavy (non-hydrogen) atoms. The zero-order chi connectivity index (χ0) is 57.2. The van der Waals surface area contributed by atoms with Crippen LogP contribution < -0.4 is 54.4 Å². The average Bonchev–Trinajstić information content (AvgIpc) is 3.86. The minimum Gasteiger partial charge on any atom is -0.508 e. The number of phenolic OH excluding ortho intramolecular Hbond substituents is 1. The number of carboxylic acids is 1. The molecular formula is C51H79N11O15. The second-order valence-corrected chi connectivity index (χ2v) is 19.9. The second kappa shape index (κ2) is 32.9. The highest BCUT2D eigenvalue weighted by atomic mass is 16.4. The predicted molar refractivity (Wildman–Crippen MR) is 276 cm³/mol. The number of phenols is 1. The van der Waals surface area contributed by atoms with Crippen LogP contribution in [0.1, 0.15) is 141 Å². The van der Waals surface area contributed by atoms with Gasteiger partial charge in [-0.3, -0.25) is 57.5 Å². The van der Waals surface area contributed by atoms with E-state index in [1.807, 2.05) is 0 Å². The first-order valence-electron chi connectivity index (χ1n) is 26.4. The normalized spacial score (nSPS) is 24.0. The molecule has 2 aliphatic heterocycles. The number of aliphatic carboxylic acids is 1. The Kier molecular flexibility index (Phi) is 27.3. The van der Waals surface area contributed by atoms with Crippen LogP contribution in [-0.2, 0) is 64.0 Å². The van der Waals surface area contributed by atoms with E-state index in [-0.39, 0.29) is 38.0 Å². The second-order valence-electron chi connectivity index (χ2n) is 19.9. The maximum Gasteiger partial charge on any atom is 0.305 e. The highest BCUT2D eigenvalue weighted by molar-refractivity contribution is 6.00. The van der Waals surface area contributed by atoms with Crippen molar-refractivity contribution in [3.63, 3.8) is 0 Å². The van der Waals surface area contributed by atoms with Crippen molar-refractivity contribution in [1.82, 2.24) is 42.1 Å². The number of amides is 11. The van der Waals surface area contributed by atoms with Crippen LogP contribution in [0.15, 0.2) is 24.3 Å². The number of fused-ring (bicyclic) bond motifs is 1. The number of carboxylic acid groups (broad SMARTS) is 1. The Morgan fingerprint density at radius 1 is 0.610 bits per heavy atom. The van der Waals surface area contributed by atoms with Crippen molar-refractivity contribution < 1.29 is 72.9 Å². The van der Waals surface area contributed by atoms with Gasteiger partial charge in [-0.05, 0) is 49.3 Å². The molecule has 2 heterocycles. The fourth-order valence-corrected chi connectivity index (χ4v) is 9.03. The summed E-state index contributed by atoms with van der Waals surface area (Å²) in [5.41, 5.74) is 16.6. The zero-order valence-corrected chi connectivity index (χ0v) is 44.0. The molecule has 3 rings (SSSR count). The number of primary amides is 3. The highest BCUT2D eigenvalue weighted by Gasteiger charge is 2.41. The molecular weight excluding hydrogens is 1010 g/mol. The summed E-state index contributed by atoms with van der Waals surface area (Å²) in [4.78, 5) is 162. The molecule has 0 radical (unpaired) electrons. The van der Waals surface area contributed by atoms with Crippen molar-refractivity contribution >= 4 is 70.9 Å². The van der Waals surface area contributed by atoms with Gasteiger partial charge < -0.3 is 74.6 Å². The number of hydrogen-bond donors (Lipinski definition) is 13. The molecule has 0 saturated carbocycles. The minimum absolute atomic E-state index is 0.00402. The third-order valence-electron chi connectivity index (χ3n) is 13.5. The molecule has 9 atom stereocenters. The topological polar surface area (TPSA) is 431 Å². The largest absolute Gasteiger partial charge is 0.508 e. The average molecular weight is 1090 g/mol. The number of nitrogens with one attached hydrogen (secondary N) is 7. The van der Waals surface area contributed by atoms with Crippen LogP contribution >= 0.6 is 0 Å². The number of carbonyl (C=O) groups excluding carboxylic acids is 11. The van der Waals surface area contributed by atoms with E-state index in [9.17, 15) is 72.9 Å². The highest BCUT2D eigenvalue weighted by Crippen LogP contribution is 2.21. The monoisotopic (exact) mass is 1090 g/mol. The van der Waals surface area contributed by atoms with Crippen LogP contribution in [0.5, 0.6) is 5.75 Å². The lowest BCUT2D eigenvalue weighted by molar-refractivity contribution is -0.143. The van der Waals surface area contributed by atoms with E-state index >= 15 is 0 Å². The number of rotatable bonds is 24. The summed E-state index contributed by atoms with van der Waals surface area (Å²) in [6.45, 7) is 3.29. The summed E-state index contributed by atoms with van der Waals surface area (Å²) < 4.78 is 0. The van der Waals surface area contributed by atoms with Crippen LogP contribution in [0.3, 0.4) is 0 Å². The summed E-state index contributed by atoms with van der Waals surface area (Å²) in [5.74, 6) is -12.7. The van der Waals surface area contributed by atoms with E-state index < -0.39 is 164 Å². The molecule has 26 heteroatoms. The third kappa shape index (κ3) is 23.2. The molecule has 1 aromatic carbocycles. The van der Waals surface area contributed by atoms with Gasteiger partial charge in [-0.25, -0.2) is 0 Å². The van der Waals surface area contributed by atoms with Crippen molar-refractivity contribution in [2.45, 2.75) is 191 Å². The maximum absolute atomic E-state index is 14.3. The standard InChI is InChI=1S/C51H79N11O15/c1-3-29(2)13-10-8-6-4-5-7-9-11-14-31-24-43(68)56-37(27-44(69)70)48(74)58-34(23-30-16-18-32(64)19-17-30)45(71)59-35(25-41(53)66)46(72)57-33(20-21-40(52)65)51(77)62-22-12-15-39(62)50(76)60-36(26-42(54)67)47(73)61-38(28-63)49(75)55-31/h16-19,29,31,33-39,63-64H,3-15,20-28H2,1-2H3,(H2,52,65)(H2,53,66)(H2,54,67)(H,55,75)(H,56,68)(H,57,72)(H,58,74)(H,59,71)(H,60,76)(H,61,73)(H,69,70)/t29?,31?,33-,34-,35-,36-,37-,38-,39-/m0/s1.